The smallest absolute Gasteiger partial charge is 0.369 e. The van der Waals surface area contributed by atoms with E-state index in [0.717, 1.165) is 6.07 Å². The molecule has 0 fully saturated rings. The second kappa shape index (κ2) is 5.94. The quantitative estimate of drug-likeness (QED) is 0.843. The van der Waals surface area contributed by atoms with Crippen molar-refractivity contribution in [3.05, 3.63) is 42.0 Å². The second-order valence-electron chi connectivity index (χ2n) is 4.14. The highest BCUT2D eigenvalue weighted by Gasteiger charge is 2.34. The normalized spacial score (nSPS) is 11.3. The topological polar surface area (TPSA) is 49.8 Å². The number of anilines is 3. The van der Waals surface area contributed by atoms with Crippen molar-refractivity contribution in [2.45, 2.75) is 13.1 Å². The molecule has 0 aliphatic rings. The fourth-order valence-electron chi connectivity index (χ4n) is 1.66. The molecule has 0 aliphatic carbocycles. The molecule has 0 radical (unpaired) electrons. The number of benzene rings is 1. The maximum Gasteiger partial charge on any atom is 0.419 e. The summed E-state index contributed by atoms with van der Waals surface area (Å²) < 4.78 is 51.1. The molecule has 21 heavy (non-hydrogen) atoms. The third-order valence-electron chi connectivity index (χ3n) is 2.54. The van der Waals surface area contributed by atoms with Crippen LogP contribution in [0.2, 0.25) is 0 Å². The van der Waals surface area contributed by atoms with Crippen molar-refractivity contribution in [3.63, 3.8) is 0 Å². The third kappa shape index (κ3) is 3.80. The molecule has 112 valence electrons. The number of nitrogens with one attached hydrogen (secondary N) is 2. The Hall–Kier alpha value is -2.38. The minimum atomic E-state index is -4.75. The molecule has 0 atom stereocenters. The SMILES string of the molecule is CCNc1cncc(Nc2ccc(F)c(C(F)(F)F)c2)n1. The van der Waals surface area contributed by atoms with Gasteiger partial charge in [-0.05, 0) is 25.1 Å². The van der Waals surface area contributed by atoms with Gasteiger partial charge in [-0.25, -0.2) is 9.37 Å². The Labute approximate surface area is 118 Å². The van der Waals surface area contributed by atoms with Crippen molar-refractivity contribution in [2.75, 3.05) is 17.2 Å². The Morgan fingerprint density at radius 1 is 1.14 bits per heavy atom. The highest BCUT2D eigenvalue weighted by Crippen LogP contribution is 2.33. The summed E-state index contributed by atoms with van der Waals surface area (Å²) in [5.41, 5.74) is -1.25. The fourth-order valence-corrected chi connectivity index (χ4v) is 1.66. The Balaban J connectivity index is 2.26. The molecule has 1 aromatic carbocycles. The minimum Gasteiger partial charge on any atom is -0.369 e. The number of rotatable bonds is 4. The predicted octanol–water partition coefficient (Wildman–Crippen LogP) is 3.81. The lowest BCUT2D eigenvalue weighted by Gasteiger charge is -2.11. The predicted molar refractivity (Wildman–Crippen MR) is 70.9 cm³/mol. The standard InChI is InChI=1S/C13H12F4N4/c1-2-19-11-6-18-7-12(21-11)20-8-3-4-10(14)9(5-8)13(15,16)17/h3-7H,2H2,1H3,(H2,19,20,21). The van der Waals surface area contributed by atoms with E-state index in [0.29, 0.717) is 18.4 Å². The number of hydrogen-bond acceptors (Lipinski definition) is 4. The average molecular weight is 300 g/mol. The molecule has 0 spiro atoms. The van der Waals surface area contributed by atoms with E-state index >= 15 is 0 Å². The molecule has 1 heterocycles. The zero-order valence-electron chi connectivity index (χ0n) is 11.0. The van der Waals surface area contributed by atoms with Crippen molar-refractivity contribution in [1.82, 2.24) is 9.97 Å². The van der Waals surface area contributed by atoms with Crippen LogP contribution in [-0.2, 0) is 6.18 Å². The van der Waals surface area contributed by atoms with Crippen LogP contribution < -0.4 is 10.6 Å². The summed E-state index contributed by atoms with van der Waals surface area (Å²) in [7, 11) is 0. The molecule has 0 aliphatic heterocycles. The van der Waals surface area contributed by atoms with Gasteiger partial charge in [0.25, 0.3) is 0 Å². The number of alkyl halides is 3. The Bertz CT molecular complexity index is 628. The van der Waals surface area contributed by atoms with Gasteiger partial charge < -0.3 is 10.6 Å². The van der Waals surface area contributed by atoms with Gasteiger partial charge in [0.1, 0.15) is 11.6 Å². The first-order valence-electron chi connectivity index (χ1n) is 6.10. The summed E-state index contributed by atoms with van der Waals surface area (Å²) in [6.07, 6.45) is -1.91. The number of hydrogen-bond donors (Lipinski definition) is 2. The maximum atomic E-state index is 13.2. The van der Waals surface area contributed by atoms with E-state index in [9.17, 15) is 17.6 Å². The Morgan fingerprint density at radius 3 is 2.52 bits per heavy atom. The molecule has 1 aromatic heterocycles. The highest BCUT2D eigenvalue weighted by molar-refractivity contribution is 5.58. The van der Waals surface area contributed by atoms with Gasteiger partial charge in [-0.1, -0.05) is 0 Å². The van der Waals surface area contributed by atoms with Crippen LogP contribution in [0.4, 0.5) is 34.9 Å². The van der Waals surface area contributed by atoms with Crippen LogP contribution in [0.3, 0.4) is 0 Å². The van der Waals surface area contributed by atoms with Gasteiger partial charge in [0, 0.05) is 12.2 Å². The number of nitrogens with zero attached hydrogens (tertiary/aromatic N) is 2. The molecule has 8 heteroatoms. The molecule has 4 nitrogen and oxygen atoms in total. The van der Waals surface area contributed by atoms with Gasteiger partial charge >= 0.3 is 6.18 Å². The van der Waals surface area contributed by atoms with Gasteiger partial charge in [0.15, 0.2) is 5.82 Å². The first-order valence-corrected chi connectivity index (χ1v) is 6.10. The van der Waals surface area contributed by atoms with E-state index < -0.39 is 17.6 Å². The maximum absolute atomic E-state index is 13.2. The summed E-state index contributed by atoms with van der Waals surface area (Å²) in [4.78, 5) is 8.02. The van der Waals surface area contributed by atoms with Crippen molar-refractivity contribution < 1.29 is 17.6 Å². The molecule has 0 amide bonds. The van der Waals surface area contributed by atoms with E-state index in [4.69, 9.17) is 0 Å². The number of aromatic nitrogens is 2. The third-order valence-corrected chi connectivity index (χ3v) is 2.54. The Morgan fingerprint density at radius 2 is 1.86 bits per heavy atom. The lowest BCUT2D eigenvalue weighted by molar-refractivity contribution is -0.139. The van der Waals surface area contributed by atoms with E-state index in [-0.39, 0.29) is 11.5 Å². The van der Waals surface area contributed by atoms with Crippen LogP contribution in [0.25, 0.3) is 0 Å². The van der Waals surface area contributed by atoms with E-state index in [2.05, 4.69) is 20.6 Å². The molecular formula is C13H12F4N4. The van der Waals surface area contributed by atoms with Crippen LogP contribution >= 0.6 is 0 Å². The fraction of sp³-hybridized carbons (Fsp3) is 0.231. The lowest BCUT2D eigenvalue weighted by atomic mass is 10.2. The zero-order chi connectivity index (χ0) is 15.5. The zero-order valence-corrected chi connectivity index (χ0v) is 11.0. The second-order valence-corrected chi connectivity index (χ2v) is 4.14. The summed E-state index contributed by atoms with van der Waals surface area (Å²) in [5.74, 6) is -0.575. The van der Waals surface area contributed by atoms with Crippen LogP contribution in [0.1, 0.15) is 12.5 Å². The first kappa shape index (κ1) is 15.0. The summed E-state index contributed by atoms with van der Waals surface area (Å²) in [5, 5.41) is 5.59. The summed E-state index contributed by atoms with van der Waals surface area (Å²) in [6.45, 7) is 2.50. The molecule has 0 bridgehead atoms. The van der Waals surface area contributed by atoms with Crippen LogP contribution in [-0.4, -0.2) is 16.5 Å². The van der Waals surface area contributed by atoms with Gasteiger partial charge in [-0.3, -0.25) is 4.98 Å². The van der Waals surface area contributed by atoms with Crippen LogP contribution in [0.5, 0.6) is 0 Å². The van der Waals surface area contributed by atoms with Crippen LogP contribution in [0, 0.1) is 5.82 Å². The van der Waals surface area contributed by atoms with Gasteiger partial charge in [0.05, 0.1) is 18.0 Å². The molecular weight excluding hydrogens is 288 g/mol. The number of halogens is 4. The van der Waals surface area contributed by atoms with E-state index in [1.54, 1.807) is 0 Å². The van der Waals surface area contributed by atoms with Crippen LogP contribution in [0.15, 0.2) is 30.6 Å². The molecule has 0 saturated carbocycles. The van der Waals surface area contributed by atoms with Crippen molar-refractivity contribution in [1.29, 1.82) is 0 Å². The molecule has 0 unspecified atom stereocenters. The monoisotopic (exact) mass is 300 g/mol. The highest BCUT2D eigenvalue weighted by atomic mass is 19.4. The first-order chi connectivity index (χ1) is 9.90. The Kier molecular flexibility index (Phi) is 4.25. The van der Waals surface area contributed by atoms with Gasteiger partial charge in [0.2, 0.25) is 0 Å². The molecule has 0 saturated heterocycles. The van der Waals surface area contributed by atoms with Gasteiger partial charge in [-0.2, -0.15) is 13.2 Å². The summed E-state index contributed by atoms with van der Waals surface area (Å²) in [6, 6.07) is 2.65. The average Bonchev–Trinajstić information content (AvgIpc) is 2.40. The largest absolute Gasteiger partial charge is 0.419 e. The molecule has 2 rings (SSSR count). The van der Waals surface area contributed by atoms with Crippen molar-refractivity contribution in [2.24, 2.45) is 0 Å². The van der Waals surface area contributed by atoms with E-state index in [1.807, 2.05) is 6.92 Å². The van der Waals surface area contributed by atoms with Gasteiger partial charge in [-0.15, -0.1) is 0 Å². The lowest BCUT2D eigenvalue weighted by Crippen LogP contribution is -2.09. The van der Waals surface area contributed by atoms with Crippen molar-refractivity contribution in [3.8, 4) is 0 Å². The summed E-state index contributed by atoms with van der Waals surface area (Å²) >= 11 is 0. The van der Waals surface area contributed by atoms with E-state index in [1.165, 1.54) is 18.5 Å². The van der Waals surface area contributed by atoms with Crippen molar-refractivity contribution >= 4 is 17.3 Å². The molecule has 2 aromatic rings. The minimum absolute atomic E-state index is 0.0756. The molecule has 2 N–H and O–H groups in total.